The number of carbonyl (C=O) groups is 1. The van der Waals surface area contributed by atoms with E-state index in [0.29, 0.717) is 0 Å². The van der Waals surface area contributed by atoms with E-state index in [1.165, 1.54) is 10.4 Å². The summed E-state index contributed by atoms with van der Waals surface area (Å²) in [5.74, 6) is 0.0232. The summed E-state index contributed by atoms with van der Waals surface area (Å²) in [6.07, 6.45) is 1.94. The summed E-state index contributed by atoms with van der Waals surface area (Å²) < 4.78 is 0. The first kappa shape index (κ1) is 14.3. The van der Waals surface area contributed by atoms with E-state index in [0.717, 1.165) is 41.0 Å². The van der Waals surface area contributed by atoms with Crippen LogP contribution in [0.15, 0.2) is 24.3 Å². The molecular weight excluding hydrogens is 280 g/mol. The summed E-state index contributed by atoms with van der Waals surface area (Å²) in [6.45, 7) is 4.96. The second-order valence-corrected chi connectivity index (χ2v) is 6.93. The predicted octanol–water partition coefficient (Wildman–Crippen LogP) is 3.09. The van der Waals surface area contributed by atoms with Crippen molar-refractivity contribution >= 4 is 17.2 Å². The lowest BCUT2D eigenvalue weighted by Gasteiger charge is -2.13. The Morgan fingerprint density at radius 3 is 2.81 bits per heavy atom. The third-order valence-corrected chi connectivity index (χ3v) is 5.37. The van der Waals surface area contributed by atoms with Gasteiger partial charge in [0.1, 0.15) is 0 Å². The number of hydrogen-bond acceptors (Lipinski definition) is 3. The highest BCUT2D eigenvalue weighted by Crippen LogP contribution is 2.30. The summed E-state index contributed by atoms with van der Waals surface area (Å²) >= 11 is 1.73. The van der Waals surface area contributed by atoms with Crippen LogP contribution in [0, 0.1) is 13.8 Å². The van der Waals surface area contributed by atoms with Gasteiger partial charge in [-0.2, -0.15) is 0 Å². The highest BCUT2D eigenvalue weighted by atomic mass is 32.1. The first-order valence-corrected chi connectivity index (χ1v) is 8.11. The van der Waals surface area contributed by atoms with Crippen LogP contribution in [0.3, 0.4) is 0 Å². The molecule has 2 aromatic rings. The van der Waals surface area contributed by atoms with E-state index in [1.54, 1.807) is 11.3 Å². The molecule has 0 aliphatic carbocycles. The molecular formula is C17H20N2OS. The fraction of sp³-hybridized carbons (Fsp3) is 0.353. The number of amides is 1. The molecule has 0 spiro atoms. The summed E-state index contributed by atoms with van der Waals surface area (Å²) in [5, 5.41) is 2.94. The standard InChI is InChI=1S/C17H20N2OS/c1-10-8-15(21-11(10)2)16(18)13-6-5-12-4-3-7-19-17(20)14(12)9-13/h5-6,8-9,16H,3-4,7,18H2,1-2H3,(H,19,20). The number of nitrogens with two attached hydrogens (primary N) is 1. The maximum Gasteiger partial charge on any atom is 0.251 e. The van der Waals surface area contributed by atoms with Crippen molar-refractivity contribution in [1.29, 1.82) is 0 Å². The Labute approximate surface area is 129 Å². The van der Waals surface area contributed by atoms with Gasteiger partial charge >= 0.3 is 0 Å². The Morgan fingerprint density at radius 2 is 2.10 bits per heavy atom. The van der Waals surface area contributed by atoms with E-state index in [2.05, 4.69) is 37.4 Å². The van der Waals surface area contributed by atoms with Crippen molar-refractivity contribution in [1.82, 2.24) is 5.32 Å². The molecule has 1 aromatic heterocycles. The Morgan fingerprint density at radius 1 is 1.29 bits per heavy atom. The average molecular weight is 300 g/mol. The lowest BCUT2D eigenvalue weighted by atomic mass is 9.97. The zero-order valence-corrected chi connectivity index (χ0v) is 13.2. The van der Waals surface area contributed by atoms with Gasteiger partial charge < -0.3 is 11.1 Å². The molecule has 0 saturated heterocycles. The van der Waals surface area contributed by atoms with E-state index >= 15 is 0 Å². The van der Waals surface area contributed by atoms with Crippen LogP contribution in [0.25, 0.3) is 0 Å². The average Bonchev–Trinajstić information content (AvgIpc) is 2.70. The van der Waals surface area contributed by atoms with Gasteiger partial charge in [0.2, 0.25) is 0 Å². The highest BCUT2D eigenvalue weighted by Gasteiger charge is 2.19. The Balaban J connectivity index is 1.97. The number of hydrogen-bond donors (Lipinski definition) is 2. The molecule has 3 N–H and O–H groups in total. The molecule has 1 atom stereocenters. The smallest absolute Gasteiger partial charge is 0.251 e. The zero-order valence-electron chi connectivity index (χ0n) is 12.4. The lowest BCUT2D eigenvalue weighted by molar-refractivity contribution is 0.0956. The Kier molecular flexibility index (Phi) is 3.83. The number of aryl methyl sites for hydroxylation is 3. The second-order valence-electron chi connectivity index (χ2n) is 5.64. The number of thiophene rings is 1. The van der Waals surface area contributed by atoms with Gasteiger partial charge in [-0.25, -0.2) is 0 Å². The van der Waals surface area contributed by atoms with Crippen molar-refractivity contribution < 1.29 is 4.79 Å². The van der Waals surface area contributed by atoms with Crippen LogP contribution in [0.4, 0.5) is 0 Å². The van der Waals surface area contributed by atoms with Crippen molar-refractivity contribution in [3.63, 3.8) is 0 Å². The molecule has 3 nitrogen and oxygen atoms in total. The molecule has 1 amide bonds. The number of nitrogens with one attached hydrogen (secondary N) is 1. The van der Waals surface area contributed by atoms with Gasteiger partial charge in [-0.05, 0) is 55.5 Å². The topological polar surface area (TPSA) is 55.1 Å². The van der Waals surface area contributed by atoms with Crippen LogP contribution < -0.4 is 11.1 Å². The molecule has 110 valence electrons. The van der Waals surface area contributed by atoms with Crippen LogP contribution in [-0.4, -0.2) is 12.5 Å². The van der Waals surface area contributed by atoms with Crippen LogP contribution in [-0.2, 0) is 6.42 Å². The van der Waals surface area contributed by atoms with E-state index < -0.39 is 0 Å². The minimum atomic E-state index is -0.163. The summed E-state index contributed by atoms with van der Waals surface area (Å²) in [5.41, 5.74) is 10.6. The van der Waals surface area contributed by atoms with Crippen molar-refractivity contribution in [2.24, 2.45) is 5.73 Å². The van der Waals surface area contributed by atoms with Gasteiger partial charge in [0, 0.05) is 21.9 Å². The van der Waals surface area contributed by atoms with Gasteiger partial charge in [-0.3, -0.25) is 4.79 Å². The van der Waals surface area contributed by atoms with Crippen molar-refractivity contribution in [3.8, 4) is 0 Å². The first-order valence-electron chi connectivity index (χ1n) is 7.30. The van der Waals surface area contributed by atoms with Gasteiger partial charge in [0.25, 0.3) is 5.91 Å². The van der Waals surface area contributed by atoms with Crippen LogP contribution in [0.2, 0.25) is 0 Å². The first-order chi connectivity index (χ1) is 10.1. The largest absolute Gasteiger partial charge is 0.352 e. The third-order valence-electron chi connectivity index (χ3n) is 4.14. The zero-order chi connectivity index (χ0) is 15.0. The number of carbonyl (C=O) groups excluding carboxylic acids is 1. The molecule has 1 aliphatic heterocycles. The molecule has 1 aromatic carbocycles. The van der Waals surface area contributed by atoms with Crippen LogP contribution in [0.5, 0.6) is 0 Å². The monoisotopic (exact) mass is 300 g/mol. The summed E-state index contributed by atoms with van der Waals surface area (Å²) in [7, 11) is 0. The molecule has 2 heterocycles. The molecule has 0 bridgehead atoms. The fourth-order valence-electron chi connectivity index (χ4n) is 2.71. The molecule has 0 radical (unpaired) electrons. The molecule has 0 saturated carbocycles. The molecule has 21 heavy (non-hydrogen) atoms. The SMILES string of the molecule is Cc1cc(C(N)c2ccc3c(c2)C(=O)NCCC3)sc1C. The molecule has 0 fully saturated rings. The predicted molar refractivity (Wildman–Crippen MR) is 86.9 cm³/mol. The van der Waals surface area contributed by atoms with Crippen molar-refractivity contribution in [2.45, 2.75) is 32.7 Å². The van der Waals surface area contributed by atoms with Gasteiger partial charge in [-0.1, -0.05) is 12.1 Å². The Bertz CT molecular complexity index is 671. The van der Waals surface area contributed by atoms with E-state index in [1.807, 2.05) is 6.07 Å². The number of rotatable bonds is 2. The quantitative estimate of drug-likeness (QED) is 0.895. The van der Waals surface area contributed by atoms with E-state index in [-0.39, 0.29) is 11.9 Å². The second kappa shape index (κ2) is 5.62. The maximum atomic E-state index is 12.1. The Hall–Kier alpha value is -1.65. The third kappa shape index (κ3) is 2.74. The molecule has 1 unspecified atom stereocenters. The highest BCUT2D eigenvalue weighted by molar-refractivity contribution is 7.12. The minimum absolute atomic E-state index is 0.0232. The summed E-state index contributed by atoms with van der Waals surface area (Å²) in [4.78, 5) is 14.6. The molecule has 1 aliphatic rings. The normalized spacial score (nSPS) is 16.0. The van der Waals surface area contributed by atoms with Gasteiger partial charge in [0.15, 0.2) is 0 Å². The molecule has 3 rings (SSSR count). The van der Waals surface area contributed by atoms with Crippen LogP contribution >= 0.6 is 11.3 Å². The van der Waals surface area contributed by atoms with Crippen LogP contribution in [0.1, 0.15) is 49.3 Å². The minimum Gasteiger partial charge on any atom is -0.352 e. The summed E-state index contributed by atoms with van der Waals surface area (Å²) in [6, 6.07) is 8.07. The van der Waals surface area contributed by atoms with Gasteiger partial charge in [0.05, 0.1) is 6.04 Å². The number of benzene rings is 1. The molecule has 4 heteroatoms. The van der Waals surface area contributed by atoms with Gasteiger partial charge in [-0.15, -0.1) is 11.3 Å². The fourth-order valence-corrected chi connectivity index (χ4v) is 3.78. The van der Waals surface area contributed by atoms with Crippen molar-refractivity contribution in [3.05, 3.63) is 56.3 Å². The van der Waals surface area contributed by atoms with E-state index in [4.69, 9.17) is 5.73 Å². The number of fused-ring (bicyclic) bond motifs is 1. The van der Waals surface area contributed by atoms with E-state index in [9.17, 15) is 4.79 Å². The lowest BCUT2D eigenvalue weighted by Crippen LogP contribution is -2.23. The van der Waals surface area contributed by atoms with Crippen molar-refractivity contribution in [2.75, 3.05) is 6.54 Å². The maximum absolute atomic E-state index is 12.1.